The van der Waals surface area contributed by atoms with Gasteiger partial charge < -0.3 is 25.6 Å². The summed E-state index contributed by atoms with van der Waals surface area (Å²) in [5.74, 6) is -1.94. The van der Waals surface area contributed by atoms with Crippen LogP contribution in [0, 0.1) is 0 Å². The second-order valence-electron chi connectivity index (χ2n) is 6.41. The fraction of sp³-hybridized carbons (Fsp3) is 0.0870. The highest BCUT2D eigenvalue weighted by molar-refractivity contribution is 6.05. The summed E-state index contributed by atoms with van der Waals surface area (Å²) in [5.41, 5.74) is 6.61. The first-order valence-electron chi connectivity index (χ1n) is 9.37. The molecule has 0 atom stereocenters. The highest BCUT2D eigenvalue weighted by Crippen LogP contribution is 2.31. The number of esters is 1. The van der Waals surface area contributed by atoms with Crippen molar-refractivity contribution in [2.75, 3.05) is 17.7 Å². The fourth-order valence-electron chi connectivity index (χ4n) is 2.81. The highest BCUT2D eigenvalue weighted by atomic mass is 16.5. The summed E-state index contributed by atoms with van der Waals surface area (Å²) in [6.07, 6.45) is 0. The minimum Gasteiger partial charge on any atom is -0.478 e. The van der Waals surface area contributed by atoms with Gasteiger partial charge in [-0.1, -0.05) is 18.2 Å². The number of carbonyl (C=O) groups excluding carboxylic acids is 2. The number of nitrogen functional groups attached to an aromatic ring is 1. The average molecular weight is 420 g/mol. The first-order valence-corrected chi connectivity index (χ1v) is 9.37. The molecule has 3 aromatic carbocycles. The molecule has 0 saturated carbocycles. The smallest absolute Gasteiger partial charge is 0.339 e. The van der Waals surface area contributed by atoms with Crippen molar-refractivity contribution in [1.82, 2.24) is 0 Å². The summed E-state index contributed by atoms with van der Waals surface area (Å²) in [7, 11) is 0. The molecule has 0 heterocycles. The molecule has 0 aromatic heterocycles. The number of carboxylic acid groups (broad SMARTS) is 1. The Morgan fingerprint density at radius 1 is 0.968 bits per heavy atom. The van der Waals surface area contributed by atoms with Crippen molar-refractivity contribution in [3.05, 3.63) is 83.4 Å². The van der Waals surface area contributed by atoms with Gasteiger partial charge in [-0.15, -0.1) is 0 Å². The molecule has 158 valence electrons. The first kappa shape index (κ1) is 21.4. The van der Waals surface area contributed by atoms with Crippen molar-refractivity contribution in [1.29, 1.82) is 0 Å². The van der Waals surface area contributed by atoms with Crippen LogP contribution in [0.4, 0.5) is 11.4 Å². The van der Waals surface area contributed by atoms with Crippen LogP contribution >= 0.6 is 0 Å². The Kier molecular flexibility index (Phi) is 6.51. The van der Waals surface area contributed by atoms with Gasteiger partial charge in [-0.25, -0.2) is 9.59 Å². The lowest BCUT2D eigenvalue weighted by atomic mass is 10.1. The largest absolute Gasteiger partial charge is 0.478 e. The SMILES string of the molecule is CCOC(=O)c1ccc(Oc2ccccc2NC(=O)c2cccc(N)c2)cc1C(=O)O. The van der Waals surface area contributed by atoms with Crippen molar-refractivity contribution < 1.29 is 29.0 Å². The molecular formula is C23H20N2O6. The zero-order chi connectivity index (χ0) is 22.4. The summed E-state index contributed by atoms with van der Waals surface area (Å²) in [6, 6.07) is 17.2. The van der Waals surface area contributed by atoms with Crippen molar-refractivity contribution in [3.63, 3.8) is 0 Å². The lowest BCUT2D eigenvalue weighted by molar-refractivity contribution is 0.0514. The van der Waals surface area contributed by atoms with E-state index in [0.29, 0.717) is 22.7 Å². The Bertz CT molecular complexity index is 1140. The maximum absolute atomic E-state index is 12.5. The number of hydrogen-bond acceptors (Lipinski definition) is 6. The Hall–Kier alpha value is -4.33. The average Bonchev–Trinajstić information content (AvgIpc) is 2.75. The lowest BCUT2D eigenvalue weighted by Gasteiger charge is -2.14. The minimum atomic E-state index is -1.29. The van der Waals surface area contributed by atoms with E-state index in [0.717, 1.165) is 0 Å². The standard InChI is InChI=1S/C23H20N2O6/c1-2-30-23(29)17-11-10-16(13-18(17)22(27)28)31-20-9-4-3-8-19(20)25-21(26)14-6-5-7-15(24)12-14/h3-13H,2,24H2,1H3,(H,25,26)(H,27,28). The van der Waals surface area contributed by atoms with Crippen LogP contribution < -0.4 is 15.8 Å². The molecule has 3 rings (SSSR count). The molecule has 4 N–H and O–H groups in total. The third kappa shape index (κ3) is 5.18. The summed E-state index contributed by atoms with van der Waals surface area (Å²) < 4.78 is 10.7. The molecule has 8 heteroatoms. The Labute approximate surface area is 178 Å². The zero-order valence-electron chi connectivity index (χ0n) is 16.6. The van der Waals surface area contributed by atoms with E-state index in [2.05, 4.69) is 5.32 Å². The van der Waals surface area contributed by atoms with Crippen LogP contribution in [0.2, 0.25) is 0 Å². The van der Waals surface area contributed by atoms with Gasteiger partial charge >= 0.3 is 11.9 Å². The van der Waals surface area contributed by atoms with Crippen LogP contribution in [0.25, 0.3) is 0 Å². The molecular weight excluding hydrogens is 400 g/mol. The van der Waals surface area contributed by atoms with Gasteiger partial charge in [0.15, 0.2) is 5.75 Å². The van der Waals surface area contributed by atoms with E-state index >= 15 is 0 Å². The van der Waals surface area contributed by atoms with E-state index in [-0.39, 0.29) is 29.4 Å². The number of nitrogens with two attached hydrogens (primary N) is 1. The number of anilines is 2. The molecule has 0 unspecified atom stereocenters. The van der Waals surface area contributed by atoms with Gasteiger partial charge in [-0.05, 0) is 55.5 Å². The number of hydrogen-bond donors (Lipinski definition) is 3. The van der Waals surface area contributed by atoms with Gasteiger partial charge in [0.1, 0.15) is 5.75 Å². The van der Waals surface area contributed by atoms with Gasteiger partial charge in [0.25, 0.3) is 5.91 Å². The molecule has 1 amide bonds. The zero-order valence-corrected chi connectivity index (χ0v) is 16.6. The summed E-state index contributed by atoms with van der Waals surface area (Å²) in [5, 5.41) is 12.2. The molecule has 0 fully saturated rings. The quantitative estimate of drug-likeness (QED) is 0.386. The number of aromatic carboxylic acids is 1. The summed E-state index contributed by atoms with van der Waals surface area (Å²) in [4.78, 5) is 36.1. The third-order valence-corrected chi connectivity index (χ3v) is 4.23. The van der Waals surface area contributed by atoms with Gasteiger partial charge in [-0.2, -0.15) is 0 Å². The van der Waals surface area contributed by atoms with E-state index < -0.39 is 11.9 Å². The van der Waals surface area contributed by atoms with E-state index in [1.807, 2.05) is 0 Å². The number of ether oxygens (including phenoxy) is 2. The monoisotopic (exact) mass is 420 g/mol. The molecule has 0 aliphatic rings. The van der Waals surface area contributed by atoms with Crippen molar-refractivity contribution in [3.8, 4) is 11.5 Å². The predicted molar refractivity (Wildman–Crippen MR) is 115 cm³/mol. The molecule has 3 aromatic rings. The predicted octanol–water partition coefficient (Wildman–Crippen LogP) is 4.19. The first-order chi connectivity index (χ1) is 14.9. The number of nitrogens with one attached hydrogen (secondary N) is 1. The summed E-state index contributed by atoms with van der Waals surface area (Å²) in [6.45, 7) is 1.75. The molecule has 0 saturated heterocycles. The highest BCUT2D eigenvalue weighted by Gasteiger charge is 2.19. The van der Waals surface area contributed by atoms with Crippen molar-refractivity contribution >= 4 is 29.2 Å². The van der Waals surface area contributed by atoms with Gasteiger partial charge in [0.05, 0.1) is 23.4 Å². The van der Waals surface area contributed by atoms with E-state index in [4.69, 9.17) is 15.2 Å². The molecule has 8 nitrogen and oxygen atoms in total. The maximum atomic E-state index is 12.5. The summed E-state index contributed by atoms with van der Waals surface area (Å²) >= 11 is 0. The Morgan fingerprint density at radius 3 is 2.45 bits per heavy atom. The molecule has 0 bridgehead atoms. The Morgan fingerprint density at radius 2 is 1.74 bits per heavy atom. The third-order valence-electron chi connectivity index (χ3n) is 4.23. The normalized spacial score (nSPS) is 10.2. The van der Waals surface area contributed by atoms with Crippen LogP contribution in [-0.4, -0.2) is 29.6 Å². The van der Waals surface area contributed by atoms with Crippen LogP contribution in [0.15, 0.2) is 66.7 Å². The van der Waals surface area contributed by atoms with Crippen LogP contribution in [-0.2, 0) is 4.74 Å². The van der Waals surface area contributed by atoms with Crippen LogP contribution in [0.3, 0.4) is 0 Å². The number of benzene rings is 3. The number of para-hydroxylation sites is 2. The molecule has 0 aliphatic heterocycles. The number of carbonyl (C=O) groups is 3. The fourth-order valence-corrected chi connectivity index (χ4v) is 2.81. The molecule has 0 radical (unpaired) electrons. The van der Waals surface area contributed by atoms with Gasteiger partial charge in [0.2, 0.25) is 0 Å². The van der Waals surface area contributed by atoms with Crippen molar-refractivity contribution in [2.45, 2.75) is 6.92 Å². The van der Waals surface area contributed by atoms with Crippen molar-refractivity contribution in [2.24, 2.45) is 0 Å². The number of amides is 1. The minimum absolute atomic E-state index is 0.0787. The van der Waals surface area contributed by atoms with Gasteiger partial charge in [-0.3, -0.25) is 4.79 Å². The number of carboxylic acids is 1. The maximum Gasteiger partial charge on any atom is 0.339 e. The van der Waals surface area contributed by atoms with Crippen LogP contribution in [0.5, 0.6) is 11.5 Å². The number of rotatable bonds is 7. The molecule has 0 aliphatic carbocycles. The Balaban J connectivity index is 1.87. The van der Waals surface area contributed by atoms with Gasteiger partial charge in [0, 0.05) is 11.3 Å². The second kappa shape index (κ2) is 9.45. The topological polar surface area (TPSA) is 128 Å². The molecule has 0 spiro atoms. The lowest BCUT2D eigenvalue weighted by Crippen LogP contribution is -2.13. The van der Waals surface area contributed by atoms with E-state index in [9.17, 15) is 19.5 Å². The van der Waals surface area contributed by atoms with Crippen LogP contribution in [0.1, 0.15) is 38.0 Å². The van der Waals surface area contributed by atoms with E-state index in [1.54, 1.807) is 55.5 Å². The van der Waals surface area contributed by atoms with E-state index in [1.165, 1.54) is 18.2 Å². The second-order valence-corrected chi connectivity index (χ2v) is 6.41. The molecule has 31 heavy (non-hydrogen) atoms.